The summed E-state index contributed by atoms with van der Waals surface area (Å²) in [6.45, 7) is 15.4. The zero-order valence-corrected chi connectivity index (χ0v) is 27.2. The van der Waals surface area contributed by atoms with Gasteiger partial charge in [-0.1, -0.05) is 64.1 Å². The van der Waals surface area contributed by atoms with E-state index < -0.39 is 17.4 Å². The van der Waals surface area contributed by atoms with Gasteiger partial charge in [-0.3, -0.25) is 0 Å². The van der Waals surface area contributed by atoms with Gasteiger partial charge >= 0.3 is 11.9 Å². The summed E-state index contributed by atoms with van der Waals surface area (Å²) in [4.78, 5) is 23.9. The third-order valence-electron chi connectivity index (χ3n) is 7.91. The normalized spacial score (nSPS) is 11.2. The summed E-state index contributed by atoms with van der Waals surface area (Å²) in [5.41, 5.74) is 5.54. The predicted molar refractivity (Wildman–Crippen MR) is 176 cm³/mol. The fourth-order valence-electron chi connectivity index (χ4n) is 5.09. The number of rotatable bonds is 21. The predicted octanol–water partition coefficient (Wildman–Crippen LogP) is 6.95. The Morgan fingerprint density at radius 2 is 1.32 bits per heavy atom. The fourth-order valence-corrected chi connectivity index (χ4v) is 5.09. The molecule has 0 fully saturated rings. The van der Waals surface area contributed by atoms with Crippen molar-refractivity contribution in [2.45, 2.75) is 85.5 Å². The maximum absolute atomic E-state index is 12.0. The second-order valence-corrected chi connectivity index (χ2v) is 11.7. The zero-order valence-electron chi connectivity index (χ0n) is 27.2. The van der Waals surface area contributed by atoms with Gasteiger partial charge in [0, 0.05) is 16.6 Å². The van der Waals surface area contributed by atoms with E-state index in [1.54, 1.807) is 13.8 Å². The van der Waals surface area contributed by atoms with Crippen LogP contribution < -0.4 is 4.74 Å². The van der Waals surface area contributed by atoms with Crippen LogP contribution in [0, 0.1) is 5.41 Å². The molecular weight excluding hydrogens is 556 g/mol. The molecule has 2 N–H and O–H groups in total. The molecule has 2 rings (SSSR count). The van der Waals surface area contributed by atoms with Crippen LogP contribution in [0.4, 0.5) is 0 Å². The quantitative estimate of drug-likeness (QED) is 0.0898. The molecule has 0 radical (unpaired) electrons. The van der Waals surface area contributed by atoms with E-state index in [4.69, 9.17) is 14.2 Å². The highest BCUT2D eigenvalue weighted by Crippen LogP contribution is 2.36. The SMILES string of the molecule is C=C(C)C(=O)OCCCc1cc(-c2ccccc2CC)cc(CCCOC(=O)C(=C)C)c1OCCC(CO)(CO)CCCC. The Kier molecular flexibility index (Phi) is 15.9. The van der Waals surface area contributed by atoms with Crippen LogP contribution in [-0.2, 0) is 38.3 Å². The van der Waals surface area contributed by atoms with E-state index in [0.29, 0.717) is 56.3 Å². The number of aliphatic hydroxyl groups is 2. The number of aliphatic hydroxyl groups excluding tert-OH is 2. The van der Waals surface area contributed by atoms with E-state index in [-0.39, 0.29) is 26.4 Å². The molecule has 7 nitrogen and oxygen atoms in total. The molecule has 0 amide bonds. The third kappa shape index (κ3) is 11.3. The van der Waals surface area contributed by atoms with Gasteiger partial charge in [-0.15, -0.1) is 0 Å². The number of hydrogen-bond donors (Lipinski definition) is 2. The number of esters is 2. The van der Waals surface area contributed by atoms with Gasteiger partial charge < -0.3 is 24.4 Å². The molecule has 0 aliphatic rings. The molecule has 2 aromatic carbocycles. The summed E-state index contributed by atoms with van der Waals surface area (Å²) in [5, 5.41) is 20.3. The Balaban J connectivity index is 2.47. The summed E-state index contributed by atoms with van der Waals surface area (Å²) in [6.07, 6.45) is 6.40. The van der Waals surface area contributed by atoms with E-state index in [2.05, 4.69) is 51.3 Å². The highest BCUT2D eigenvalue weighted by atomic mass is 16.5. The molecule has 0 atom stereocenters. The van der Waals surface area contributed by atoms with Gasteiger partial charge in [0.1, 0.15) is 5.75 Å². The second-order valence-electron chi connectivity index (χ2n) is 11.7. The number of carbonyl (C=O) groups is 2. The first-order valence-electron chi connectivity index (χ1n) is 15.8. The van der Waals surface area contributed by atoms with Crippen LogP contribution in [0.15, 0.2) is 60.7 Å². The summed E-state index contributed by atoms with van der Waals surface area (Å²) < 4.78 is 17.3. The van der Waals surface area contributed by atoms with E-state index in [0.717, 1.165) is 47.3 Å². The number of aryl methyl sites for hydroxylation is 3. The van der Waals surface area contributed by atoms with E-state index in [1.165, 1.54) is 5.56 Å². The van der Waals surface area contributed by atoms with Crippen LogP contribution >= 0.6 is 0 Å². The largest absolute Gasteiger partial charge is 0.493 e. The average Bonchev–Trinajstić information content (AvgIpc) is 3.03. The Bertz CT molecular complexity index is 1190. The molecule has 0 saturated heterocycles. The van der Waals surface area contributed by atoms with Gasteiger partial charge in [0.25, 0.3) is 0 Å². The first kappa shape index (κ1) is 36.8. The van der Waals surface area contributed by atoms with Gasteiger partial charge in [-0.25, -0.2) is 9.59 Å². The number of benzene rings is 2. The molecule has 242 valence electrons. The maximum atomic E-state index is 12.0. The Morgan fingerprint density at radius 3 is 1.80 bits per heavy atom. The standard InChI is InChI=1S/C37H52O7/c1-7-9-18-37(25-38,26-39)19-22-42-34-30(15-12-20-43-35(40)27(3)4)23-32(33-17-11-10-14-29(33)8-2)24-31(34)16-13-21-44-36(41)28(5)6/h10-11,14,17,23-24,38-39H,3,5,7-9,12-13,15-16,18-22,25-26H2,1-2,4,6H3. The highest BCUT2D eigenvalue weighted by molar-refractivity contribution is 5.87. The zero-order chi connectivity index (χ0) is 32.5. The molecule has 0 aliphatic carbocycles. The minimum atomic E-state index is -0.607. The average molecular weight is 609 g/mol. The van der Waals surface area contributed by atoms with Crippen molar-refractivity contribution in [3.63, 3.8) is 0 Å². The number of ether oxygens (including phenoxy) is 3. The van der Waals surface area contributed by atoms with Crippen molar-refractivity contribution in [2.24, 2.45) is 5.41 Å². The van der Waals surface area contributed by atoms with Crippen molar-refractivity contribution in [3.8, 4) is 16.9 Å². The van der Waals surface area contributed by atoms with E-state index in [1.807, 2.05) is 12.1 Å². The lowest BCUT2D eigenvalue weighted by molar-refractivity contribution is -0.139. The molecule has 44 heavy (non-hydrogen) atoms. The minimum Gasteiger partial charge on any atom is -0.493 e. The molecular formula is C37H52O7. The smallest absolute Gasteiger partial charge is 0.333 e. The lowest BCUT2D eigenvalue weighted by Gasteiger charge is -2.30. The van der Waals surface area contributed by atoms with Gasteiger partial charge in [0.2, 0.25) is 0 Å². The molecule has 0 aromatic heterocycles. The summed E-state index contributed by atoms with van der Waals surface area (Å²) in [5.74, 6) is -0.0671. The Morgan fingerprint density at radius 1 is 0.773 bits per heavy atom. The molecule has 0 unspecified atom stereocenters. The number of hydrogen-bond acceptors (Lipinski definition) is 7. The molecule has 0 bridgehead atoms. The fraction of sp³-hybridized carbons (Fsp3) is 0.514. The van der Waals surface area contributed by atoms with Crippen molar-refractivity contribution < 1.29 is 34.0 Å². The Labute approximate surface area is 263 Å². The monoisotopic (exact) mass is 608 g/mol. The van der Waals surface area contributed by atoms with Crippen molar-refractivity contribution in [2.75, 3.05) is 33.0 Å². The molecule has 2 aromatic rings. The summed E-state index contributed by atoms with van der Waals surface area (Å²) in [7, 11) is 0. The van der Waals surface area contributed by atoms with Crippen molar-refractivity contribution in [3.05, 3.63) is 77.4 Å². The molecule has 7 heteroatoms. The van der Waals surface area contributed by atoms with Gasteiger partial charge in [-0.2, -0.15) is 0 Å². The second kappa shape index (κ2) is 19.1. The summed E-state index contributed by atoms with van der Waals surface area (Å²) in [6, 6.07) is 12.6. The lowest BCUT2D eigenvalue weighted by atomic mass is 9.81. The first-order valence-corrected chi connectivity index (χ1v) is 15.8. The van der Waals surface area contributed by atoms with Gasteiger partial charge in [0.05, 0.1) is 33.0 Å². The van der Waals surface area contributed by atoms with Crippen LogP contribution in [0.2, 0.25) is 0 Å². The van der Waals surface area contributed by atoms with Crippen molar-refractivity contribution >= 4 is 11.9 Å². The van der Waals surface area contributed by atoms with Crippen LogP contribution in [0.25, 0.3) is 11.1 Å². The number of unbranched alkanes of at least 4 members (excludes halogenated alkanes) is 1. The van der Waals surface area contributed by atoms with Crippen molar-refractivity contribution in [1.29, 1.82) is 0 Å². The topological polar surface area (TPSA) is 102 Å². The lowest BCUT2D eigenvalue weighted by Crippen LogP contribution is -2.32. The van der Waals surface area contributed by atoms with Gasteiger partial charge in [-0.05, 0) is 98.7 Å². The molecule has 0 heterocycles. The highest BCUT2D eigenvalue weighted by Gasteiger charge is 2.28. The molecule has 0 spiro atoms. The van der Waals surface area contributed by atoms with Gasteiger partial charge in [0.15, 0.2) is 0 Å². The van der Waals surface area contributed by atoms with Crippen LogP contribution in [0.1, 0.15) is 82.9 Å². The summed E-state index contributed by atoms with van der Waals surface area (Å²) >= 11 is 0. The Hall–Kier alpha value is -3.42. The third-order valence-corrected chi connectivity index (χ3v) is 7.91. The maximum Gasteiger partial charge on any atom is 0.333 e. The van der Waals surface area contributed by atoms with Crippen LogP contribution in [0.3, 0.4) is 0 Å². The van der Waals surface area contributed by atoms with Crippen LogP contribution in [0.5, 0.6) is 5.75 Å². The van der Waals surface area contributed by atoms with E-state index in [9.17, 15) is 19.8 Å². The first-order chi connectivity index (χ1) is 21.1. The van der Waals surface area contributed by atoms with Crippen molar-refractivity contribution in [1.82, 2.24) is 0 Å². The molecule has 0 aliphatic heterocycles. The van der Waals surface area contributed by atoms with E-state index >= 15 is 0 Å². The molecule has 0 saturated carbocycles. The van der Waals surface area contributed by atoms with Crippen LogP contribution in [-0.4, -0.2) is 55.2 Å². The minimum absolute atomic E-state index is 0.110. The number of carbonyl (C=O) groups excluding carboxylic acids is 2.